The molecule has 1 aromatic rings. The maximum Gasteiger partial charge on any atom is 0.247 e. The summed E-state index contributed by atoms with van der Waals surface area (Å²) < 4.78 is 25.2. The molecule has 0 unspecified atom stereocenters. The molecule has 0 spiro atoms. The van der Waals surface area contributed by atoms with Crippen molar-refractivity contribution in [2.45, 2.75) is 43.5 Å². The monoisotopic (exact) mass is 336 g/mol. The molecule has 6 heteroatoms. The third-order valence-electron chi connectivity index (χ3n) is 3.99. The van der Waals surface area contributed by atoms with Gasteiger partial charge in [0.15, 0.2) is 0 Å². The van der Waals surface area contributed by atoms with Crippen LogP contribution < -0.4 is 5.32 Å². The fourth-order valence-corrected chi connectivity index (χ4v) is 3.41. The van der Waals surface area contributed by atoms with Gasteiger partial charge in [0.2, 0.25) is 15.9 Å². The summed E-state index contributed by atoms with van der Waals surface area (Å²) in [6, 6.07) is 6.61. The first-order chi connectivity index (χ1) is 10.9. The van der Waals surface area contributed by atoms with E-state index >= 15 is 0 Å². The molecule has 2 rings (SSSR count). The first-order valence-corrected chi connectivity index (χ1v) is 9.34. The highest BCUT2D eigenvalue weighted by molar-refractivity contribution is 7.89. The number of nitrogens with one attached hydrogen (secondary N) is 1. The number of hydrogen-bond acceptors (Lipinski definition) is 3. The van der Waals surface area contributed by atoms with Crippen LogP contribution in [0.4, 0.5) is 0 Å². The van der Waals surface area contributed by atoms with Crippen LogP contribution in [0.15, 0.2) is 40.8 Å². The molecule has 0 aromatic heterocycles. The molecule has 0 saturated heterocycles. The van der Waals surface area contributed by atoms with E-state index in [9.17, 15) is 13.2 Å². The molecular formula is C17H24N2O3S. The molecular weight excluding hydrogens is 312 g/mol. The highest BCUT2D eigenvalue weighted by Gasteiger charge is 2.16. The number of amides is 1. The van der Waals surface area contributed by atoms with Gasteiger partial charge in [0.25, 0.3) is 0 Å². The van der Waals surface area contributed by atoms with Crippen molar-refractivity contribution in [2.24, 2.45) is 0 Å². The van der Waals surface area contributed by atoms with Crippen molar-refractivity contribution in [2.75, 3.05) is 14.1 Å². The van der Waals surface area contributed by atoms with Crippen molar-refractivity contribution in [3.05, 3.63) is 41.5 Å². The Bertz CT molecular complexity index is 676. The van der Waals surface area contributed by atoms with Gasteiger partial charge in [-0.25, -0.2) is 12.7 Å². The molecule has 1 aliphatic carbocycles. The van der Waals surface area contributed by atoms with Gasteiger partial charge in [-0.1, -0.05) is 24.6 Å². The molecule has 0 radical (unpaired) electrons. The van der Waals surface area contributed by atoms with Crippen LogP contribution >= 0.6 is 0 Å². The van der Waals surface area contributed by atoms with Gasteiger partial charge in [-0.3, -0.25) is 4.79 Å². The van der Waals surface area contributed by atoms with Crippen LogP contribution in [-0.4, -0.2) is 32.7 Å². The molecule has 1 amide bonds. The second-order valence-corrected chi connectivity index (χ2v) is 8.09. The summed E-state index contributed by atoms with van der Waals surface area (Å²) in [6.07, 6.45) is 7.24. The number of nitrogens with zero attached hydrogens (tertiary/aromatic N) is 1. The number of benzene rings is 1. The van der Waals surface area contributed by atoms with E-state index in [0.717, 1.165) is 36.8 Å². The summed E-state index contributed by atoms with van der Waals surface area (Å²) in [5.74, 6) is -0.0168. The quantitative estimate of drug-likeness (QED) is 0.898. The fourth-order valence-electron chi connectivity index (χ4n) is 2.51. The van der Waals surface area contributed by atoms with E-state index in [2.05, 4.69) is 5.32 Å². The zero-order valence-electron chi connectivity index (χ0n) is 13.7. The fraction of sp³-hybridized carbons (Fsp3) is 0.471. The van der Waals surface area contributed by atoms with Crippen molar-refractivity contribution in [1.29, 1.82) is 0 Å². The minimum Gasteiger partial charge on any atom is -0.348 e. The summed E-state index contributed by atoms with van der Waals surface area (Å²) in [7, 11) is -0.401. The van der Waals surface area contributed by atoms with Crippen molar-refractivity contribution in [3.63, 3.8) is 0 Å². The molecule has 0 atom stereocenters. The number of hydrogen-bond donors (Lipinski definition) is 1. The highest BCUT2D eigenvalue weighted by atomic mass is 32.2. The van der Waals surface area contributed by atoms with Gasteiger partial charge in [-0.2, -0.15) is 0 Å². The van der Waals surface area contributed by atoms with Crippen LogP contribution in [0.25, 0.3) is 0 Å². The number of carbonyl (C=O) groups is 1. The minimum atomic E-state index is -3.41. The summed E-state index contributed by atoms with van der Waals surface area (Å²) in [6.45, 7) is 0.401. The zero-order chi connectivity index (χ0) is 16.9. The largest absolute Gasteiger partial charge is 0.348 e. The highest BCUT2D eigenvalue weighted by Crippen LogP contribution is 2.17. The van der Waals surface area contributed by atoms with Gasteiger partial charge in [-0.05, 0) is 43.4 Å². The maximum absolute atomic E-state index is 12.2. The smallest absolute Gasteiger partial charge is 0.247 e. The number of allylic oxidation sites excluding steroid dienone is 1. The summed E-state index contributed by atoms with van der Waals surface area (Å²) in [5, 5.41) is 2.91. The third-order valence-corrected chi connectivity index (χ3v) is 5.82. The number of rotatable bonds is 5. The Labute approximate surface area is 138 Å². The minimum absolute atomic E-state index is 0.0168. The molecule has 1 aromatic carbocycles. The van der Waals surface area contributed by atoms with E-state index in [-0.39, 0.29) is 10.8 Å². The van der Waals surface area contributed by atoms with E-state index in [4.69, 9.17) is 0 Å². The Balaban J connectivity index is 1.96. The summed E-state index contributed by atoms with van der Waals surface area (Å²) >= 11 is 0. The molecule has 1 aliphatic rings. The van der Waals surface area contributed by atoms with Crippen LogP contribution in [0.1, 0.15) is 37.7 Å². The first kappa shape index (κ1) is 17.7. The van der Waals surface area contributed by atoms with Crippen LogP contribution in [0.5, 0.6) is 0 Å². The average molecular weight is 336 g/mol. The predicted molar refractivity (Wildman–Crippen MR) is 90.3 cm³/mol. The second-order valence-electron chi connectivity index (χ2n) is 5.94. The van der Waals surface area contributed by atoms with E-state index < -0.39 is 10.0 Å². The zero-order valence-corrected chi connectivity index (χ0v) is 14.5. The van der Waals surface area contributed by atoms with Gasteiger partial charge in [-0.15, -0.1) is 0 Å². The van der Waals surface area contributed by atoms with E-state index in [1.54, 1.807) is 24.3 Å². The predicted octanol–water partition coefficient (Wildman–Crippen LogP) is 2.44. The Kier molecular flexibility index (Phi) is 5.96. The van der Waals surface area contributed by atoms with E-state index in [0.29, 0.717) is 6.54 Å². The van der Waals surface area contributed by atoms with Crippen molar-refractivity contribution < 1.29 is 13.2 Å². The molecule has 0 saturated carbocycles. The lowest BCUT2D eigenvalue weighted by Gasteiger charge is -2.12. The standard InChI is InChI=1S/C17H24N2O3S/c1-19(2)23(21,22)16-11-9-14(10-12-16)13-18-17(20)15-7-5-3-4-6-8-15/h7,9-12H,3-6,8,13H2,1-2H3,(H,18,20). The number of carbonyl (C=O) groups excluding carboxylic acids is 1. The van der Waals surface area contributed by atoms with Gasteiger partial charge in [0.1, 0.15) is 0 Å². The first-order valence-electron chi connectivity index (χ1n) is 7.90. The van der Waals surface area contributed by atoms with Gasteiger partial charge in [0.05, 0.1) is 4.90 Å². The average Bonchev–Trinajstić information content (AvgIpc) is 2.82. The third kappa shape index (κ3) is 4.65. The Morgan fingerprint density at radius 1 is 1.13 bits per heavy atom. The topological polar surface area (TPSA) is 66.5 Å². The van der Waals surface area contributed by atoms with E-state index in [1.165, 1.54) is 24.8 Å². The number of sulfonamides is 1. The maximum atomic E-state index is 12.2. The Morgan fingerprint density at radius 3 is 2.48 bits per heavy atom. The van der Waals surface area contributed by atoms with Gasteiger partial charge in [0, 0.05) is 26.2 Å². The van der Waals surface area contributed by atoms with Crippen LogP contribution in [0, 0.1) is 0 Å². The molecule has 23 heavy (non-hydrogen) atoms. The van der Waals surface area contributed by atoms with Crippen LogP contribution in [0.3, 0.4) is 0 Å². The molecule has 1 N–H and O–H groups in total. The molecule has 0 fully saturated rings. The lowest BCUT2D eigenvalue weighted by molar-refractivity contribution is -0.117. The van der Waals surface area contributed by atoms with Gasteiger partial charge < -0.3 is 5.32 Å². The molecule has 126 valence electrons. The normalized spacial score (nSPS) is 15.9. The molecule has 0 heterocycles. The lowest BCUT2D eigenvalue weighted by atomic mass is 10.1. The molecule has 0 aliphatic heterocycles. The van der Waals surface area contributed by atoms with Gasteiger partial charge >= 0.3 is 0 Å². The van der Waals surface area contributed by atoms with Crippen LogP contribution in [-0.2, 0) is 21.4 Å². The Morgan fingerprint density at radius 2 is 1.83 bits per heavy atom. The van der Waals surface area contributed by atoms with Crippen molar-refractivity contribution >= 4 is 15.9 Å². The summed E-state index contributed by atoms with van der Waals surface area (Å²) in [4.78, 5) is 12.4. The van der Waals surface area contributed by atoms with E-state index in [1.807, 2.05) is 6.08 Å². The Hall–Kier alpha value is -1.66. The SMILES string of the molecule is CN(C)S(=O)(=O)c1ccc(CNC(=O)C2=CCCCCC2)cc1. The molecule has 0 bridgehead atoms. The van der Waals surface area contributed by atoms with Crippen LogP contribution in [0.2, 0.25) is 0 Å². The van der Waals surface area contributed by atoms with Crippen molar-refractivity contribution in [1.82, 2.24) is 9.62 Å². The second kappa shape index (κ2) is 7.75. The van der Waals surface area contributed by atoms with Crippen molar-refractivity contribution in [3.8, 4) is 0 Å². The lowest BCUT2D eigenvalue weighted by Crippen LogP contribution is -2.24. The molecule has 5 nitrogen and oxygen atoms in total. The summed E-state index contributed by atoms with van der Waals surface area (Å²) in [5.41, 5.74) is 1.75.